The van der Waals surface area contributed by atoms with Gasteiger partial charge in [-0.2, -0.15) is 0 Å². The van der Waals surface area contributed by atoms with Crippen molar-refractivity contribution in [1.29, 1.82) is 0 Å². The molecule has 1 aromatic heterocycles. The van der Waals surface area contributed by atoms with Crippen LogP contribution in [0.5, 0.6) is 0 Å². The fraction of sp³-hybridized carbons (Fsp3) is 0.294. The predicted octanol–water partition coefficient (Wildman–Crippen LogP) is 2.98. The number of nitrogens with zero attached hydrogens (tertiary/aromatic N) is 1. The molecule has 1 amide bonds. The Morgan fingerprint density at radius 1 is 1.35 bits per heavy atom. The first-order valence-electron chi connectivity index (χ1n) is 7.47. The number of nitrogens with one attached hydrogen (secondary N) is 1. The van der Waals surface area contributed by atoms with Crippen LogP contribution < -0.4 is 5.32 Å². The van der Waals surface area contributed by atoms with Gasteiger partial charge in [0.25, 0.3) is 5.91 Å². The highest BCUT2D eigenvalue weighted by molar-refractivity contribution is 6.30. The average Bonchev–Trinajstić information content (AvgIpc) is 3.19. The van der Waals surface area contributed by atoms with Gasteiger partial charge in [-0.3, -0.25) is 4.79 Å². The molecule has 5 nitrogen and oxygen atoms in total. The highest BCUT2D eigenvalue weighted by Crippen LogP contribution is 2.17. The lowest BCUT2D eigenvalue weighted by atomic mass is 10.0. The van der Waals surface area contributed by atoms with Crippen molar-refractivity contribution in [1.82, 2.24) is 5.32 Å². The average molecular weight is 333 g/mol. The van der Waals surface area contributed by atoms with E-state index in [4.69, 9.17) is 20.9 Å². The number of furan rings is 1. The van der Waals surface area contributed by atoms with Gasteiger partial charge in [0.2, 0.25) is 6.10 Å². The van der Waals surface area contributed by atoms with Crippen molar-refractivity contribution < 1.29 is 14.0 Å². The van der Waals surface area contributed by atoms with E-state index in [1.54, 1.807) is 6.26 Å². The largest absolute Gasteiger partial charge is 0.469 e. The van der Waals surface area contributed by atoms with Crippen LogP contribution in [0, 0.1) is 0 Å². The summed E-state index contributed by atoms with van der Waals surface area (Å²) in [6, 6.07) is 11.3. The Balaban J connectivity index is 1.43. The number of amides is 1. The minimum Gasteiger partial charge on any atom is -0.469 e. The zero-order valence-corrected chi connectivity index (χ0v) is 13.3. The Kier molecular flexibility index (Phi) is 4.98. The molecule has 0 spiro atoms. The van der Waals surface area contributed by atoms with Gasteiger partial charge in [-0.15, -0.1) is 0 Å². The maximum Gasteiger partial charge on any atom is 0.264 e. The van der Waals surface area contributed by atoms with Gasteiger partial charge in [0, 0.05) is 30.8 Å². The van der Waals surface area contributed by atoms with Crippen LogP contribution in [0.15, 0.2) is 52.2 Å². The van der Waals surface area contributed by atoms with Crippen LogP contribution in [0.4, 0.5) is 0 Å². The lowest BCUT2D eigenvalue weighted by Crippen LogP contribution is -2.36. The maximum absolute atomic E-state index is 12.1. The zero-order valence-electron chi connectivity index (χ0n) is 12.5. The first-order valence-corrected chi connectivity index (χ1v) is 7.84. The molecule has 0 saturated carbocycles. The summed E-state index contributed by atoms with van der Waals surface area (Å²) >= 11 is 5.97. The third-order valence-corrected chi connectivity index (χ3v) is 3.81. The van der Waals surface area contributed by atoms with Crippen molar-refractivity contribution in [2.24, 2.45) is 5.16 Å². The molecule has 6 heteroatoms. The van der Waals surface area contributed by atoms with Crippen molar-refractivity contribution in [3.05, 3.63) is 59.0 Å². The Morgan fingerprint density at radius 3 is 3.04 bits per heavy atom. The summed E-state index contributed by atoms with van der Waals surface area (Å²) in [5.41, 5.74) is 1.90. The maximum atomic E-state index is 12.1. The smallest absolute Gasteiger partial charge is 0.264 e. The van der Waals surface area contributed by atoms with E-state index in [1.807, 2.05) is 36.4 Å². The number of carbonyl (C=O) groups excluding carboxylic acids is 1. The Morgan fingerprint density at radius 2 is 2.26 bits per heavy atom. The second-order valence-corrected chi connectivity index (χ2v) is 5.82. The summed E-state index contributed by atoms with van der Waals surface area (Å²) in [5.74, 6) is 0.692. The van der Waals surface area contributed by atoms with Crippen molar-refractivity contribution in [2.45, 2.75) is 25.4 Å². The molecule has 1 N–H and O–H groups in total. The molecule has 0 saturated heterocycles. The van der Waals surface area contributed by atoms with Crippen LogP contribution in [0.3, 0.4) is 0 Å². The fourth-order valence-corrected chi connectivity index (χ4v) is 2.64. The molecule has 0 radical (unpaired) electrons. The molecule has 1 aliphatic heterocycles. The minimum absolute atomic E-state index is 0.151. The number of carbonyl (C=O) groups is 1. The predicted molar refractivity (Wildman–Crippen MR) is 87.5 cm³/mol. The second-order valence-electron chi connectivity index (χ2n) is 5.38. The van der Waals surface area contributed by atoms with Gasteiger partial charge in [0.05, 0.1) is 12.0 Å². The van der Waals surface area contributed by atoms with Crippen molar-refractivity contribution in [2.75, 3.05) is 6.54 Å². The van der Waals surface area contributed by atoms with Crippen molar-refractivity contribution in [3.8, 4) is 0 Å². The minimum atomic E-state index is -0.555. The van der Waals surface area contributed by atoms with Gasteiger partial charge in [0.15, 0.2) is 0 Å². The molecule has 0 aliphatic carbocycles. The van der Waals surface area contributed by atoms with Crippen LogP contribution in [-0.2, 0) is 22.5 Å². The summed E-state index contributed by atoms with van der Waals surface area (Å²) in [4.78, 5) is 17.3. The van der Waals surface area contributed by atoms with E-state index in [9.17, 15) is 4.79 Å². The topological polar surface area (TPSA) is 63.8 Å². The SMILES string of the molecule is O=C(NCCc1ccco1)C1CC(Cc2cccc(Cl)c2)=NO1. The van der Waals surface area contributed by atoms with Crippen LogP contribution in [-0.4, -0.2) is 24.3 Å². The summed E-state index contributed by atoms with van der Waals surface area (Å²) < 4.78 is 5.22. The van der Waals surface area contributed by atoms with E-state index in [2.05, 4.69) is 10.5 Å². The van der Waals surface area contributed by atoms with E-state index in [-0.39, 0.29) is 5.91 Å². The van der Waals surface area contributed by atoms with Gasteiger partial charge >= 0.3 is 0 Å². The van der Waals surface area contributed by atoms with E-state index in [0.29, 0.717) is 30.8 Å². The van der Waals surface area contributed by atoms with Crippen molar-refractivity contribution >= 4 is 23.2 Å². The molecule has 2 heterocycles. The summed E-state index contributed by atoms with van der Waals surface area (Å²) in [5, 5.41) is 7.54. The van der Waals surface area contributed by atoms with Gasteiger partial charge in [-0.25, -0.2) is 0 Å². The second kappa shape index (κ2) is 7.33. The standard InChI is InChI=1S/C17H17ClN2O3/c18-13-4-1-3-12(9-13)10-14-11-16(23-20-14)17(21)19-7-6-15-5-2-8-22-15/h1-5,8-9,16H,6-7,10-11H2,(H,19,21). The first kappa shape index (κ1) is 15.6. The van der Waals surface area contributed by atoms with E-state index >= 15 is 0 Å². The summed E-state index contributed by atoms with van der Waals surface area (Å²) in [6.07, 6.45) is 2.85. The molecule has 1 aliphatic rings. The van der Waals surface area contributed by atoms with Crippen molar-refractivity contribution in [3.63, 3.8) is 0 Å². The molecular weight excluding hydrogens is 316 g/mol. The molecule has 23 heavy (non-hydrogen) atoms. The lowest BCUT2D eigenvalue weighted by molar-refractivity contribution is -0.131. The van der Waals surface area contributed by atoms with Crippen LogP contribution in [0.2, 0.25) is 5.02 Å². The molecule has 0 fully saturated rings. The van der Waals surface area contributed by atoms with Crippen LogP contribution in [0.25, 0.3) is 0 Å². The van der Waals surface area contributed by atoms with E-state index in [1.165, 1.54) is 0 Å². The lowest BCUT2D eigenvalue weighted by Gasteiger charge is -2.08. The Labute approximate surface area is 139 Å². The normalized spacial score (nSPS) is 16.7. The van der Waals surface area contributed by atoms with Crippen LogP contribution in [0.1, 0.15) is 17.7 Å². The molecule has 0 bridgehead atoms. The Bertz CT molecular complexity index is 698. The summed E-state index contributed by atoms with van der Waals surface area (Å²) in [7, 11) is 0. The molecule has 120 valence electrons. The monoisotopic (exact) mass is 332 g/mol. The molecule has 1 aromatic carbocycles. The molecule has 1 atom stereocenters. The zero-order chi connectivity index (χ0) is 16.1. The van der Waals surface area contributed by atoms with Gasteiger partial charge in [-0.05, 0) is 29.8 Å². The molecule has 2 aromatic rings. The molecule has 1 unspecified atom stereocenters. The fourth-order valence-electron chi connectivity index (χ4n) is 2.43. The van der Waals surface area contributed by atoms with Gasteiger partial charge in [0.1, 0.15) is 5.76 Å². The van der Waals surface area contributed by atoms with Gasteiger partial charge in [-0.1, -0.05) is 28.9 Å². The Hall–Kier alpha value is -2.27. The van der Waals surface area contributed by atoms with Crippen LogP contribution >= 0.6 is 11.6 Å². The number of rotatable bonds is 6. The number of hydrogen-bond donors (Lipinski definition) is 1. The van der Waals surface area contributed by atoms with Gasteiger partial charge < -0.3 is 14.6 Å². The first-order chi connectivity index (χ1) is 11.2. The summed E-state index contributed by atoms with van der Waals surface area (Å²) in [6.45, 7) is 0.510. The third-order valence-electron chi connectivity index (χ3n) is 3.57. The highest BCUT2D eigenvalue weighted by Gasteiger charge is 2.27. The highest BCUT2D eigenvalue weighted by atomic mass is 35.5. The van der Waals surface area contributed by atoms with E-state index < -0.39 is 6.10 Å². The molecular formula is C17H17ClN2O3. The number of benzene rings is 1. The third kappa shape index (κ3) is 4.36. The number of hydrogen-bond acceptors (Lipinski definition) is 4. The quantitative estimate of drug-likeness (QED) is 0.884. The number of halogens is 1. The van der Waals surface area contributed by atoms with E-state index in [0.717, 1.165) is 17.0 Å². The number of oxime groups is 1. The molecule has 3 rings (SSSR count).